The van der Waals surface area contributed by atoms with Crippen LogP contribution in [-0.4, -0.2) is 19.1 Å². The molecule has 2 N–H and O–H groups in total. The molecule has 0 saturated heterocycles. The van der Waals surface area contributed by atoms with Crippen molar-refractivity contribution < 1.29 is 0 Å². The van der Waals surface area contributed by atoms with Crippen molar-refractivity contribution in [2.75, 3.05) is 5.32 Å². The molecule has 154 valence electrons. The fourth-order valence-corrected chi connectivity index (χ4v) is 3.82. The van der Waals surface area contributed by atoms with Crippen LogP contribution in [0.15, 0.2) is 78.1 Å². The zero-order chi connectivity index (χ0) is 20.9. The first-order valence-electron chi connectivity index (χ1n) is 9.98. The van der Waals surface area contributed by atoms with Gasteiger partial charge in [0.05, 0.1) is 17.0 Å². The van der Waals surface area contributed by atoms with Crippen LogP contribution in [-0.2, 0) is 13.1 Å². The maximum absolute atomic E-state index is 12.9. The fourth-order valence-electron chi connectivity index (χ4n) is 3.59. The Morgan fingerprint density at radius 1 is 1.10 bits per heavy atom. The lowest BCUT2D eigenvalue weighted by Gasteiger charge is -2.17. The molecule has 2 aromatic carbocycles. The Morgan fingerprint density at radius 3 is 2.60 bits per heavy atom. The highest BCUT2D eigenvalue weighted by Crippen LogP contribution is 2.33. The Balaban J connectivity index is 1.67. The van der Waals surface area contributed by atoms with Crippen molar-refractivity contribution in [2.45, 2.75) is 32.5 Å². The highest BCUT2D eigenvalue weighted by molar-refractivity contribution is 6.33. The summed E-state index contributed by atoms with van der Waals surface area (Å²) in [6, 6.07) is 17.7. The molecule has 0 saturated carbocycles. The third-order valence-electron chi connectivity index (χ3n) is 5.13. The molecule has 0 radical (unpaired) electrons. The fraction of sp³-hybridized carbons (Fsp3) is 0.217. The summed E-state index contributed by atoms with van der Waals surface area (Å²) in [4.78, 5) is 19.9. The molecule has 0 aliphatic rings. The molecule has 0 fully saturated rings. The lowest BCUT2D eigenvalue weighted by atomic mass is 10.1. The summed E-state index contributed by atoms with van der Waals surface area (Å²) in [5.74, 6) is 0.673. The van der Waals surface area contributed by atoms with E-state index in [1.165, 1.54) is 0 Å². The number of hydrogen-bond acceptors (Lipinski definition) is 3. The van der Waals surface area contributed by atoms with Gasteiger partial charge >= 0.3 is 5.69 Å². The van der Waals surface area contributed by atoms with Crippen LogP contribution in [0.25, 0.3) is 11.3 Å². The van der Waals surface area contributed by atoms with Gasteiger partial charge in [0.25, 0.3) is 0 Å². The van der Waals surface area contributed by atoms with E-state index in [2.05, 4.69) is 34.3 Å². The van der Waals surface area contributed by atoms with Gasteiger partial charge in [-0.2, -0.15) is 0 Å². The first kappa shape index (κ1) is 20.0. The van der Waals surface area contributed by atoms with Crippen LogP contribution in [0, 0.1) is 0 Å². The average Bonchev–Trinajstić information content (AvgIpc) is 3.37. The number of halogens is 1. The summed E-state index contributed by atoms with van der Waals surface area (Å²) >= 11 is 6.51. The van der Waals surface area contributed by atoms with Gasteiger partial charge in [0.1, 0.15) is 5.82 Å². The van der Waals surface area contributed by atoms with E-state index in [0.717, 1.165) is 29.8 Å². The van der Waals surface area contributed by atoms with Crippen LogP contribution in [0.1, 0.15) is 24.9 Å². The summed E-state index contributed by atoms with van der Waals surface area (Å²) < 4.78 is 3.77. The van der Waals surface area contributed by atoms with E-state index >= 15 is 0 Å². The zero-order valence-electron chi connectivity index (χ0n) is 16.8. The molecule has 2 heterocycles. The summed E-state index contributed by atoms with van der Waals surface area (Å²) in [6.45, 7) is 3.42. The van der Waals surface area contributed by atoms with Gasteiger partial charge in [-0.1, -0.05) is 60.1 Å². The predicted molar refractivity (Wildman–Crippen MR) is 121 cm³/mol. The number of rotatable bonds is 8. The smallest absolute Gasteiger partial charge is 0.327 e. The Bertz CT molecular complexity index is 1150. The number of nitrogens with zero attached hydrogens (tertiary/aromatic N) is 3. The van der Waals surface area contributed by atoms with Gasteiger partial charge in [-0.15, -0.1) is 0 Å². The topological polar surface area (TPSA) is 67.6 Å². The van der Waals surface area contributed by atoms with Crippen molar-refractivity contribution in [1.29, 1.82) is 0 Å². The van der Waals surface area contributed by atoms with Crippen molar-refractivity contribution in [3.05, 3.63) is 94.4 Å². The number of imidazole rings is 2. The number of anilines is 1. The molecule has 6 nitrogen and oxygen atoms in total. The van der Waals surface area contributed by atoms with Gasteiger partial charge in [0.2, 0.25) is 0 Å². The minimum atomic E-state index is -0.154. The monoisotopic (exact) mass is 421 g/mol. The molecular formula is C23H24ClN5O. The average molecular weight is 422 g/mol. The molecule has 4 rings (SSSR count). The lowest BCUT2D eigenvalue weighted by molar-refractivity contribution is 0.557. The van der Waals surface area contributed by atoms with Crippen molar-refractivity contribution in [1.82, 2.24) is 19.1 Å². The molecule has 7 heteroatoms. The molecule has 1 unspecified atom stereocenters. The standard InChI is InChI=1S/C23H24ClN5O/c1-17(18-8-3-2-4-9-18)26-22-21(19-10-5-6-11-20(19)24)29(23(30)27-22)14-7-13-28-15-12-25-16-28/h2-6,8-12,15-17,26H,7,13-14H2,1H3,(H,27,30). The van der Waals surface area contributed by atoms with E-state index in [0.29, 0.717) is 17.4 Å². The van der Waals surface area contributed by atoms with Crippen molar-refractivity contribution in [3.8, 4) is 11.3 Å². The number of benzene rings is 2. The molecule has 2 aromatic heterocycles. The van der Waals surface area contributed by atoms with E-state index in [9.17, 15) is 4.79 Å². The third kappa shape index (κ3) is 4.33. The predicted octanol–water partition coefficient (Wildman–Crippen LogP) is 4.96. The van der Waals surface area contributed by atoms with Gasteiger partial charge in [-0.05, 0) is 25.0 Å². The first-order chi connectivity index (χ1) is 14.6. The zero-order valence-corrected chi connectivity index (χ0v) is 17.5. The highest BCUT2D eigenvalue weighted by atomic mass is 35.5. The van der Waals surface area contributed by atoms with Gasteiger partial charge < -0.3 is 9.88 Å². The second-order valence-electron chi connectivity index (χ2n) is 7.22. The number of aryl methyl sites for hydroxylation is 1. The SMILES string of the molecule is CC(Nc1[nH]c(=O)n(CCCn2ccnc2)c1-c1ccccc1Cl)c1ccccc1. The number of aromatic nitrogens is 4. The van der Waals surface area contributed by atoms with Gasteiger partial charge in [-0.25, -0.2) is 9.78 Å². The van der Waals surface area contributed by atoms with Crippen LogP contribution in [0.3, 0.4) is 0 Å². The number of hydrogen-bond donors (Lipinski definition) is 2. The molecule has 4 aromatic rings. The summed E-state index contributed by atoms with van der Waals surface area (Å²) in [6.07, 6.45) is 6.25. The van der Waals surface area contributed by atoms with Crippen LogP contribution >= 0.6 is 11.6 Å². The summed E-state index contributed by atoms with van der Waals surface area (Å²) in [5.41, 5.74) is 2.58. The van der Waals surface area contributed by atoms with E-state index in [1.807, 2.05) is 53.2 Å². The number of aromatic amines is 1. The Labute approximate surface area is 180 Å². The van der Waals surface area contributed by atoms with E-state index in [-0.39, 0.29) is 11.7 Å². The Morgan fingerprint density at radius 2 is 1.87 bits per heavy atom. The van der Waals surface area contributed by atoms with Crippen molar-refractivity contribution in [2.24, 2.45) is 0 Å². The largest absolute Gasteiger partial charge is 0.363 e. The van der Waals surface area contributed by atoms with Crippen LogP contribution in [0.5, 0.6) is 0 Å². The molecule has 0 amide bonds. The second kappa shape index (κ2) is 9.05. The van der Waals surface area contributed by atoms with E-state index < -0.39 is 0 Å². The van der Waals surface area contributed by atoms with Crippen LogP contribution < -0.4 is 11.0 Å². The number of nitrogens with one attached hydrogen (secondary N) is 2. The molecule has 0 bridgehead atoms. The maximum atomic E-state index is 12.9. The first-order valence-corrected chi connectivity index (χ1v) is 10.4. The lowest BCUT2D eigenvalue weighted by Crippen LogP contribution is -2.18. The van der Waals surface area contributed by atoms with Gasteiger partial charge in [0.15, 0.2) is 0 Å². The molecule has 0 spiro atoms. The highest BCUT2D eigenvalue weighted by Gasteiger charge is 2.19. The van der Waals surface area contributed by atoms with Crippen LogP contribution in [0.4, 0.5) is 5.82 Å². The molecule has 0 aliphatic carbocycles. The van der Waals surface area contributed by atoms with Crippen LogP contribution in [0.2, 0.25) is 5.02 Å². The van der Waals surface area contributed by atoms with E-state index in [4.69, 9.17) is 11.6 Å². The van der Waals surface area contributed by atoms with Crippen molar-refractivity contribution >= 4 is 17.4 Å². The summed E-state index contributed by atoms with van der Waals surface area (Å²) in [7, 11) is 0. The van der Waals surface area contributed by atoms with Crippen molar-refractivity contribution in [3.63, 3.8) is 0 Å². The maximum Gasteiger partial charge on any atom is 0.327 e. The summed E-state index contributed by atoms with van der Waals surface area (Å²) in [5, 5.41) is 4.07. The Kier molecular flexibility index (Phi) is 6.05. The minimum Gasteiger partial charge on any atom is -0.363 e. The third-order valence-corrected chi connectivity index (χ3v) is 5.46. The normalized spacial score (nSPS) is 12.1. The molecule has 30 heavy (non-hydrogen) atoms. The molecule has 0 aliphatic heterocycles. The Hall–Kier alpha value is -3.25. The number of H-pyrrole nitrogens is 1. The second-order valence-corrected chi connectivity index (χ2v) is 7.62. The quantitative estimate of drug-likeness (QED) is 0.422. The minimum absolute atomic E-state index is 0.0184. The molecular weight excluding hydrogens is 398 g/mol. The van der Waals surface area contributed by atoms with E-state index in [1.54, 1.807) is 17.1 Å². The van der Waals surface area contributed by atoms with Gasteiger partial charge in [0, 0.05) is 37.1 Å². The van der Waals surface area contributed by atoms with Gasteiger partial charge in [-0.3, -0.25) is 9.55 Å². The molecule has 1 atom stereocenters.